The first-order valence-electron chi connectivity index (χ1n) is 11.0. The number of benzene rings is 3. The van der Waals surface area contributed by atoms with Crippen LogP contribution < -0.4 is 34.7 Å². The fourth-order valence-corrected chi connectivity index (χ4v) is 3.88. The van der Waals surface area contributed by atoms with Crippen LogP contribution in [0.1, 0.15) is 28.5 Å². The summed E-state index contributed by atoms with van der Waals surface area (Å²) in [6, 6.07) is 25.6. The summed E-state index contributed by atoms with van der Waals surface area (Å²) < 4.78 is 7.12. The molecule has 0 amide bonds. The van der Waals surface area contributed by atoms with Gasteiger partial charge in [-0.15, -0.1) is 0 Å². The van der Waals surface area contributed by atoms with Gasteiger partial charge in [0.25, 0.3) is 5.89 Å². The van der Waals surface area contributed by atoms with Gasteiger partial charge in [0.1, 0.15) is 5.69 Å². The molecule has 0 bridgehead atoms. The van der Waals surface area contributed by atoms with E-state index in [1.54, 1.807) is 10.9 Å². The second-order valence-corrected chi connectivity index (χ2v) is 7.90. The Kier molecular flexibility index (Phi) is 7.60. The molecule has 0 aliphatic carbocycles. The third-order valence-corrected chi connectivity index (χ3v) is 5.65. The van der Waals surface area contributed by atoms with Crippen LogP contribution in [0.3, 0.4) is 0 Å². The molecule has 3 aromatic carbocycles. The molecule has 168 valence electrons. The summed E-state index contributed by atoms with van der Waals surface area (Å²) in [5.74, 6) is -0.312. The number of aromatic nitrogens is 4. The number of rotatable bonds is 7. The monoisotopic (exact) mass is 472 g/mol. The minimum atomic E-state index is -1.29. The molecule has 0 atom stereocenters. The molecule has 0 aliphatic heterocycles. The Bertz CT molecular complexity index is 1440. The van der Waals surface area contributed by atoms with Crippen molar-refractivity contribution in [3.63, 3.8) is 0 Å². The first-order valence-corrected chi connectivity index (χ1v) is 11.0. The molecule has 2 aromatic heterocycles. The van der Waals surface area contributed by atoms with Gasteiger partial charge in [-0.25, -0.2) is 0 Å². The van der Waals surface area contributed by atoms with Crippen molar-refractivity contribution in [2.45, 2.75) is 19.9 Å². The molecule has 5 rings (SSSR count). The third-order valence-electron chi connectivity index (χ3n) is 5.65. The summed E-state index contributed by atoms with van der Waals surface area (Å²) in [4.78, 5) is 15.5. The van der Waals surface area contributed by atoms with Gasteiger partial charge in [0.2, 0.25) is 5.82 Å². The van der Waals surface area contributed by atoms with E-state index < -0.39 is 5.97 Å². The van der Waals surface area contributed by atoms with Crippen molar-refractivity contribution in [2.24, 2.45) is 0 Å². The standard InChI is InChI=1S/C27H22N4O3.Na/c1-2-19-16-22(12-13-23(19)20-6-4-3-5-7-20)26-28-25(30-34-26)21-10-8-18(9-11-21)17-31-15-14-24(29-31)27(32)33;/h3-16H,2,17H2,1H3,(H,32,33);/q;+1/p-1. The molecule has 2 heterocycles. The van der Waals surface area contributed by atoms with Crippen LogP contribution >= 0.6 is 0 Å². The minimum absolute atomic E-state index is 0. The van der Waals surface area contributed by atoms with Crippen molar-refractivity contribution in [3.05, 3.63) is 102 Å². The van der Waals surface area contributed by atoms with Crippen LogP contribution in [0, 0.1) is 0 Å². The van der Waals surface area contributed by atoms with Crippen LogP contribution in [0.4, 0.5) is 0 Å². The van der Waals surface area contributed by atoms with Gasteiger partial charge in [0.05, 0.1) is 12.5 Å². The molecule has 0 saturated heterocycles. The Labute approximate surface area is 224 Å². The molecule has 0 spiro atoms. The van der Waals surface area contributed by atoms with Gasteiger partial charge in [0.15, 0.2) is 0 Å². The average Bonchev–Trinajstić information content (AvgIpc) is 3.55. The minimum Gasteiger partial charge on any atom is -0.543 e. The van der Waals surface area contributed by atoms with Crippen LogP contribution in [0.15, 0.2) is 89.6 Å². The van der Waals surface area contributed by atoms with Crippen molar-refractivity contribution in [3.8, 4) is 34.0 Å². The van der Waals surface area contributed by atoms with E-state index in [0.29, 0.717) is 18.3 Å². The number of carbonyl (C=O) groups is 1. The van der Waals surface area contributed by atoms with Crippen LogP contribution in [0.5, 0.6) is 0 Å². The zero-order chi connectivity index (χ0) is 23.5. The van der Waals surface area contributed by atoms with Gasteiger partial charge >= 0.3 is 29.6 Å². The fourth-order valence-electron chi connectivity index (χ4n) is 3.88. The quantitative estimate of drug-likeness (QED) is 0.331. The van der Waals surface area contributed by atoms with Gasteiger partial charge in [0, 0.05) is 17.3 Å². The Morgan fingerprint density at radius 2 is 1.69 bits per heavy atom. The number of hydrogen-bond acceptors (Lipinski definition) is 6. The number of carbonyl (C=O) groups excluding carboxylic acids is 1. The molecule has 35 heavy (non-hydrogen) atoms. The third kappa shape index (κ3) is 5.43. The maximum atomic E-state index is 10.9. The molecule has 5 aromatic rings. The predicted octanol–water partition coefficient (Wildman–Crippen LogP) is 1.25. The van der Waals surface area contributed by atoms with E-state index in [-0.39, 0.29) is 35.3 Å². The van der Waals surface area contributed by atoms with Crippen LogP contribution in [-0.2, 0) is 13.0 Å². The summed E-state index contributed by atoms with van der Waals surface area (Å²) in [7, 11) is 0. The van der Waals surface area contributed by atoms with E-state index in [1.165, 1.54) is 22.8 Å². The number of aromatic carboxylic acids is 1. The SMILES string of the molecule is CCc1cc(-c2nc(-c3ccc(Cn4ccc(C(=O)[O-])n4)cc3)no2)ccc1-c1ccccc1.[Na+]. The van der Waals surface area contributed by atoms with Crippen molar-refractivity contribution < 1.29 is 44.0 Å². The van der Waals surface area contributed by atoms with Gasteiger partial charge < -0.3 is 14.4 Å². The van der Waals surface area contributed by atoms with E-state index in [2.05, 4.69) is 46.4 Å². The van der Waals surface area contributed by atoms with Crippen molar-refractivity contribution in [1.29, 1.82) is 0 Å². The molecular formula is C27H21N4NaO3. The van der Waals surface area contributed by atoms with Crippen molar-refractivity contribution >= 4 is 5.97 Å². The maximum Gasteiger partial charge on any atom is 1.00 e. The first kappa shape index (κ1) is 24.6. The summed E-state index contributed by atoms with van der Waals surface area (Å²) in [5.41, 5.74) is 6.19. The first-order chi connectivity index (χ1) is 16.6. The zero-order valence-electron chi connectivity index (χ0n) is 19.5. The van der Waals surface area contributed by atoms with Gasteiger partial charge in [-0.2, -0.15) is 10.1 Å². The van der Waals surface area contributed by atoms with Crippen molar-refractivity contribution in [1.82, 2.24) is 19.9 Å². The average molecular weight is 472 g/mol. The van der Waals surface area contributed by atoms with E-state index in [1.807, 2.05) is 48.5 Å². The van der Waals surface area contributed by atoms with Gasteiger partial charge in [-0.05, 0) is 46.9 Å². The zero-order valence-corrected chi connectivity index (χ0v) is 21.5. The van der Waals surface area contributed by atoms with Gasteiger partial charge in [-0.3, -0.25) is 4.68 Å². The molecule has 0 radical (unpaired) electrons. The van der Waals surface area contributed by atoms with Gasteiger partial charge in [-0.1, -0.05) is 72.7 Å². The molecule has 7 nitrogen and oxygen atoms in total. The molecular weight excluding hydrogens is 451 g/mol. The van der Waals surface area contributed by atoms with Crippen LogP contribution in [-0.4, -0.2) is 25.9 Å². The van der Waals surface area contributed by atoms with Crippen LogP contribution in [0.25, 0.3) is 34.0 Å². The summed E-state index contributed by atoms with van der Waals surface area (Å²) in [6.07, 6.45) is 2.50. The van der Waals surface area contributed by atoms with Crippen LogP contribution in [0.2, 0.25) is 0 Å². The van der Waals surface area contributed by atoms with E-state index in [4.69, 9.17) is 4.52 Å². The van der Waals surface area contributed by atoms with Crippen molar-refractivity contribution in [2.75, 3.05) is 0 Å². The number of carboxylic acid groups (broad SMARTS) is 1. The predicted molar refractivity (Wildman–Crippen MR) is 126 cm³/mol. The smallest absolute Gasteiger partial charge is 0.543 e. The second kappa shape index (κ2) is 10.8. The van der Waals surface area contributed by atoms with E-state index in [0.717, 1.165) is 23.1 Å². The van der Waals surface area contributed by atoms with E-state index >= 15 is 0 Å². The number of nitrogens with zero attached hydrogens (tertiary/aromatic N) is 4. The Hall–Kier alpha value is -3.52. The largest absolute Gasteiger partial charge is 1.00 e. The number of carboxylic acids is 1. The second-order valence-electron chi connectivity index (χ2n) is 7.90. The molecule has 8 heteroatoms. The Morgan fingerprint density at radius 3 is 2.37 bits per heavy atom. The van der Waals surface area contributed by atoms with E-state index in [9.17, 15) is 9.90 Å². The molecule has 0 saturated carbocycles. The molecule has 0 unspecified atom stereocenters. The maximum absolute atomic E-state index is 10.9. The molecule has 0 N–H and O–H groups in total. The summed E-state index contributed by atoms with van der Waals surface area (Å²) in [5, 5.41) is 19.0. The number of hydrogen-bond donors (Lipinski definition) is 0. The summed E-state index contributed by atoms with van der Waals surface area (Å²) in [6.45, 7) is 2.58. The fraction of sp³-hybridized carbons (Fsp3) is 0.111. The Balaban J connectivity index is 0.00000289. The molecule has 0 fully saturated rings. The Morgan fingerprint density at radius 1 is 0.943 bits per heavy atom. The normalized spacial score (nSPS) is 10.7. The number of aryl methyl sites for hydroxylation is 1. The molecule has 0 aliphatic rings. The topological polar surface area (TPSA) is 96.9 Å². The summed E-state index contributed by atoms with van der Waals surface area (Å²) >= 11 is 0.